The first-order valence-corrected chi connectivity index (χ1v) is 6.59. The molecule has 2 aromatic rings. The smallest absolute Gasteiger partial charge is 0.126 e. The largest absolute Gasteiger partial charge is 0.305 e. The Kier molecular flexibility index (Phi) is 4.22. The maximum Gasteiger partial charge on any atom is 0.126 e. The summed E-state index contributed by atoms with van der Waals surface area (Å²) in [6.45, 7) is 4.56. The third kappa shape index (κ3) is 2.80. The van der Waals surface area contributed by atoms with Crippen molar-refractivity contribution in [3.63, 3.8) is 0 Å². The lowest BCUT2D eigenvalue weighted by molar-refractivity contribution is 0.568. The molecule has 0 aliphatic rings. The van der Waals surface area contributed by atoms with Gasteiger partial charge in [-0.25, -0.2) is 4.39 Å². The second-order valence-corrected chi connectivity index (χ2v) is 4.91. The van der Waals surface area contributed by atoms with Crippen molar-refractivity contribution < 1.29 is 4.39 Å². The minimum atomic E-state index is -0.199. The van der Waals surface area contributed by atoms with Gasteiger partial charge in [-0.15, -0.1) is 0 Å². The van der Waals surface area contributed by atoms with Crippen LogP contribution in [-0.4, -0.2) is 16.3 Å². The lowest BCUT2D eigenvalue weighted by Gasteiger charge is -2.20. The van der Waals surface area contributed by atoms with E-state index in [9.17, 15) is 4.39 Å². The Morgan fingerprint density at radius 2 is 2.21 bits per heavy atom. The van der Waals surface area contributed by atoms with E-state index in [2.05, 4.69) is 10.4 Å². The number of nitrogens with zero attached hydrogens (tertiary/aromatic N) is 2. The van der Waals surface area contributed by atoms with Gasteiger partial charge in [-0.05, 0) is 30.7 Å². The van der Waals surface area contributed by atoms with E-state index in [0.717, 1.165) is 17.8 Å². The predicted molar refractivity (Wildman–Crippen MR) is 74.9 cm³/mol. The Bertz CT molecular complexity index is 561. The average Bonchev–Trinajstić information content (AvgIpc) is 2.70. The SMILES string of the molecule is CCNC(c1ccc(F)c(C)c1)c1c(Cl)cnn1C. The third-order valence-electron chi connectivity index (χ3n) is 3.13. The lowest BCUT2D eigenvalue weighted by Crippen LogP contribution is -2.24. The highest BCUT2D eigenvalue weighted by Crippen LogP contribution is 2.28. The molecule has 2 rings (SSSR count). The molecule has 0 radical (unpaired) electrons. The summed E-state index contributed by atoms with van der Waals surface area (Å²) < 4.78 is 15.1. The molecule has 0 fully saturated rings. The van der Waals surface area contributed by atoms with Crippen LogP contribution in [0.3, 0.4) is 0 Å². The first-order chi connectivity index (χ1) is 9.04. The standard InChI is InChI=1S/C14H17ClFN3/c1-4-17-13(14-11(15)8-18-19(14)3)10-5-6-12(16)9(2)7-10/h5-8,13,17H,4H2,1-3H3. The van der Waals surface area contributed by atoms with Crippen LogP contribution in [-0.2, 0) is 7.05 Å². The van der Waals surface area contributed by atoms with Crippen molar-refractivity contribution in [3.05, 3.63) is 52.1 Å². The molecule has 1 N–H and O–H groups in total. The molecule has 1 aromatic carbocycles. The topological polar surface area (TPSA) is 29.9 Å². The van der Waals surface area contributed by atoms with Crippen molar-refractivity contribution in [1.82, 2.24) is 15.1 Å². The Morgan fingerprint density at radius 1 is 1.47 bits per heavy atom. The lowest BCUT2D eigenvalue weighted by atomic mass is 10.0. The van der Waals surface area contributed by atoms with Gasteiger partial charge in [-0.3, -0.25) is 4.68 Å². The summed E-state index contributed by atoms with van der Waals surface area (Å²) in [7, 11) is 1.85. The summed E-state index contributed by atoms with van der Waals surface area (Å²) in [5, 5.41) is 8.12. The minimum absolute atomic E-state index is 0.0932. The molecular formula is C14H17ClFN3. The van der Waals surface area contributed by atoms with E-state index in [1.54, 1.807) is 23.9 Å². The van der Waals surface area contributed by atoms with Gasteiger partial charge in [0.25, 0.3) is 0 Å². The molecule has 1 aromatic heterocycles. The van der Waals surface area contributed by atoms with Crippen molar-refractivity contribution in [3.8, 4) is 0 Å². The molecule has 19 heavy (non-hydrogen) atoms. The van der Waals surface area contributed by atoms with Crippen LogP contribution < -0.4 is 5.32 Å². The number of nitrogens with one attached hydrogen (secondary N) is 1. The van der Waals surface area contributed by atoms with E-state index in [0.29, 0.717) is 10.6 Å². The van der Waals surface area contributed by atoms with E-state index in [-0.39, 0.29) is 11.9 Å². The van der Waals surface area contributed by atoms with Gasteiger partial charge in [0.05, 0.1) is 23.0 Å². The molecule has 5 heteroatoms. The number of hydrogen-bond acceptors (Lipinski definition) is 2. The maximum absolute atomic E-state index is 13.4. The number of aryl methyl sites for hydroxylation is 2. The van der Waals surface area contributed by atoms with Crippen LogP contribution >= 0.6 is 11.6 Å². The van der Waals surface area contributed by atoms with Gasteiger partial charge in [0.2, 0.25) is 0 Å². The van der Waals surface area contributed by atoms with Crippen LogP contribution in [0.5, 0.6) is 0 Å². The van der Waals surface area contributed by atoms with Crippen LogP contribution in [0.2, 0.25) is 5.02 Å². The molecule has 0 aliphatic carbocycles. The predicted octanol–water partition coefficient (Wildman–Crippen LogP) is 3.22. The molecule has 1 unspecified atom stereocenters. The summed E-state index contributed by atoms with van der Waals surface area (Å²) in [6.07, 6.45) is 1.62. The molecule has 0 spiro atoms. The van der Waals surface area contributed by atoms with Crippen molar-refractivity contribution in [2.24, 2.45) is 7.05 Å². The van der Waals surface area contributed by atoms with E-state index in [1.807, 2.05) is 20.0 Å². The molecule has 0 saturated carbocycles. The average molecular weight is 282 g/mol. The van der Waals surface area contributed by atoms with Crippen molar-refractivity contribution in [2.45, 2.75) is 19.9 Å². The first-order valence-electron chi connectivity index (χ1n) is 6.21. The summed E-state index contributed by atoms with van der Waals surface area (Å²) >= 11 is 6.20. The molecule has 0 saturated heterocycles. The summed E-state index contributed by atoms with van der Waals surface area (Å²) in [6, 6.07) is 5.01. The monoisotopic (exact) mass is 281 g/mol. The number of halogens is 2. The Balaban J connectivity index is 2.48. The van der Waals surface area contributed by atoms with Gasteiger partial charge in [0.1, 0.15) is 5.82 Å². The Morgan fingerprint density at radius 3 is 2.74 bits per heavy atom. The normalized spacial score (nSPS) is 12.7. The third-order valence-corrected chi connectivity index (χ3v) is 3.43. The van der Waals surface area contributed by atoms with Gasteiger partial charge >= 0.3 is 0 Å². The molecule has 102 valence electrons. The molecule has 0 aliphatic heterocycles. The highest BCUT2D eigenvalue weighted by Gasteiger charge is 2.20. The molecule has 0 amide bonds. The van der Waals surface area contributed by atoms with E-state index in [4.69, 9.17) is 11.6 Å². The molecular weight excluding hydrogens is 265 g/mol. The zero-order chi connectivity index (χ0) is 14.0. The van der Waals surface area contributed by atoms with Gasteiger partial charge in [0, 0.05) is 7.05 Å². The number of benzene rings is 1. The number of rotatable bonds is 4. The minimum Gasteiger partial charge on any atom is -0.305 e. The molecule has 1 atom stereocenters. The van der Waals surface area contributed by atoms with Crippen LogP contribution in [0.1, 0.15) is 29.8 Å². The number of hydrogen-bond donors (Lipinski definition) is 1. The second-order valence-electron chi connectivity index (χ2n) is 4.50. The highest BCUT2D eigenvalue weighted by molar-refractivity contribution is 6.31. The van der Waals surface area contributed by atoms with Gasteiger partial charge in [-0.2, -0.15) is 5.10 Å². The Labute approximate surface area is 117 Å². The zero-order valence-corrected chi connectivity index (χ0v) is 12.0. The van der Waals surface area contributed by atoms with Crippen molar-refractivity contribution in [1.29, 1.82) is 0 Å². The van der Waals surface area contributed by atoms with E-state index >= 15 is 0 Å². The second kappa shape index (κ2) is 5.72. The summed E-state index contributed by atoms with van der Waals surface area (Å²) in [4.78, 5) is 0. The molecule has 1 heterocycles. The van der Waals surface area contributed by atoms with Crippen LogP contribution in [0.4, 0.5) is 4.39 Å². The van der Waals surface area contributed by atoms with Gasteiger partial charge in [-0.1, -0.05) is 30.7 Å². The highest BCUT2D eigenvalue weighted by atomic mass is 35.5. The van der Waals surface area contributed by atoms with E-state index < -0.39 is 0 Å². The number of aromatic nitrogens is 2. The Hall–Kier alpha value is -1.39. The summed E-state index contributed by atoms with van der Waals surface area (Å²) in [5.41, 5.74) is 2.49. The quantitative estimate of drug-likeness (QED) is 0.932. The fourth-order valence-electron chi connectivity index (χ4n) is 2.17. The first kappa shape index (κ1) is 14.0. The fourth-order valence-corrected chi connectivity index (χ4v) is 2.44. The zero-order valence-electron chi connectivity index (χ0n) is 11.2. The summed E-state index contributed by atoms with van der Waals surface area (Å²) in [5.74, 6) is -0.199. The van der Waals surface area contributed by atoms with Crippen LogP contribution in [0.25, 0.3) is 0 Å². The van der Waals surface area contributed by atoms with Gasteiger partial charge < -0.3 is 5.32 Å². The fraction of sp³-hybridized carbons (Fsp3) is 0.357. The van der Waals surface area contributed by atoms with Crippen molar-refractivity contribution >= 4 is 11.6 Å². The molecule has 3 nitrogen and oxygen atoms in total. The maximum atomic E-state index is 13.4. The van der Waals surface area contributed by atoms with E-state index in [1.165, 1.54) is 6.07 Å². The molecule has 0 bridgehead atoms. The van der Waals surface area contributed by atoms with Crippen LogP contribution in [0, 0.1) is 12.7 Å². The van der Waals surface area contributed by atoms with Gasteiger partial charge in [0.15, 0.2) is 0 Å². The van der Waals surface area contributed by atoms with Crippen LogP contribution in [0.15, 0.2) is 24.4 Å². The van der Waals surface area contributed by atoms with Crippen molar-refractivity contribution in [2.75, 3.05) is 6.54 Å².